The summed E-state index contributed by atoms with van der Waals surface area (Å²) in [5.41, 5.74) is 1.08. The van der Waals surface area contributed by atoms with Crippen molar-refractivity contribution in [3.05, 3.63) is 11.6 Å². The highest BCUT2D eigenvalue weighted by atomic mass is 19.4. The maximum absolute atomic E-state index is 10.5. The van der Waals surface area contributed by atoms with Crippen molar-refractivity contribution >= 4 is 18.2 Å². The number of carboxylic acids is 1. The monoisotopic (exact) mass is 281 g/mol. The van der Waals surface area contributed by atoms with Crippen molar-refractivity contribution < 1.29 is 37.2 Å². The molecule has 0 saturated carbocycles. The number of rotatable bonds is 2. The molecule has 0 aromatic carbocycles. The Labute approximate surface area is 108 Å². The number of alkyl halides is 3. The van der Waals surface area contributed by atoms with Crippen LogP contribution in [0.5, 0.6) is 0 Å². The molecule has 1 aliphatic rings. The number of hydrogen-bond acceptors (Lipinski definition) is 4. The van der Waals surface area contributed by atoms with Gasteiger partial charge in [-0.15, -0.1) is 0 Å². The van der Waals surface area contributed by atoms with E-state index in [9.17, 15) is 18.0 Å². The number of carbonyl (C=O) groups is 2. The van der Waals surface area contributed by atoms with Crippen molar-refractivity contribution in [3.63, 3.8) is 0 Å². The van der Waals surface area contributed by atoms with Gasteiger partial charge in [-0.2, -0.15) is 13.2 Å². The van der Waals surface area contributed by atoms with E-state index < -0.39 is 12.1 Å². The summed E-state index contributed by atoms with van der Waals surface area (Å²) in [6.07, 6.45) is -0.0566. The van der Waals surface area contributed by atoms with E-state index in [2.05, 4.69) is 10.7 Å². The SMILES string of the molecule is CC(=O)OCC1=CCC[N+](C)=C1.O=C([O-])C(F)(F)F. The number of aliphatic carboxylic acids is 1. The highest BCUT2D eigenvalue weighted by Gasteiger charge is 2.28. The number of hydrogen-bond donors (Lipinski definition) is 0. The average molecular weight is 281 g/mol. The molecule has 0 aromatic heterocycles. The van der Waals surface area contributed by atoms with Crippen molar-refractivity contribution in [2.24, 2.45) is 0 Å². The van der Waals surface area contributed by atoms with E-state index in [-0.39, 0.29) is 5.97 Å². The van der Waals surface area contributed by atoms with Gasteiger partial charge >= 0.3 is 12.1 Å². The second-order valence-corrected chi connectivity index (χ2v) is 3.74. The number of halogens is 3. The number of ether oxygens (including phenoxy) is 1. The molecule has 0 unspecified atom stereocenters. The molecule has 0 saturated heterocycles. The largest absolute Gasteiger partial charge is 0.542 e. The van der Waals surface area contributed by atoms with Crippen molar-refractivity contribution in [3.8, 4) is 0 Å². The van der Waals surface area contributed by atoms with E-state index >= 15 is 0 Å². The molecule has 0 aromatic rings. The zero-order chi connectivity index (χ0) is 15.1. The highest BCUT2D eigenvalue weighted by molar-refractivity contribution is 5.76. The summed E-state index contributed by atoms with van der Waals surface area (Å²) < 4.78 is 38.5. The Morgan fingerprint density at radius 1 is 1.47 bits per heavy atom. The second kappa shape index (κ2) is 7.55. The van der Waals surface area contributed by atoms with E-state index in [0.717, 1.165) is 18.5 Å². The fourth-order valence-electron chi connectivity index (χ4n) is 1.14. The van der Waals surface area contributed by atoms with Crippen molar-refractivity contribution in [2.45, 2.75) is 19.5 Å². The standard InChI is InChI=1S/C9H14NO2.C2HF3O2/c1-8(11)12-7-9-4-3-5-10(2)6-9;3-2(4,5)1(6)7/h4,6H,3,5,7H2,1-2H3;(H,6,7)/q+1;/p-1. The zero-order valence-corrected chi connectivity index (χ0v) is 10.5. The molecule has 8 heteroatoms. The zero-order valence-electron chi connectivity index (χ0n) is 10.5. The fourth-order valence-corrected chi connectivity index (χ4v) is 1.14. The van der Waals surface area contributed by atoms with Gasteiger partial charge in [-0.05, 0) is 0 Å². The van der Waals surface area contributed by atoms with Crippen LogP contribution in [0.2, 0.25) is 0 Å². The quantitative estimate of drug-likeness (QED) is 0.523. The smallest absolute Gasteiger partial charge is 0.430 e. The predicted molar refractivity (Wildman–Crippen MR) is 57.5 cm³/mol. The lowest BCUT2D eigenvalue weighted by atomic mass is 10.2. The molecule has 0 aliphatic carbocycles. The molecule has 0 atom stereocenters. The normalized spacial score (nSPS) is 14.6. The molecule has 1 aliphatic heterocycles. The summed E-state index contributed by atoms with van der Waals surface area (Å²) in [4.78, 5) is 19.3. The second-order valence-electron chi connectivity index (χ2n) is 3.74. The Morgan fingerprint density at radius 2 is 2.00 bits per heavy atom. The Bertz CT molecular complexity index is 399. The molecule has 19 heavy (non-hydrogen) atoms. The summed E-state index contributed by atoms with van der Waals surface area (Å²) in [6, 6.07) is 0. The Balaban J connectivity index is 0.000000399. The van der Waals surface area contributed by atoms with Gasteiger partial charge in [0.25, 0.3) is 0 Å². The molecule has 108 valence electrons. The summed E-state index contributed by atoms with van der Waals surface area (Å²) in [6.45, 7) is 2.87. The summed E-state index contributed by atoms with van der Waals surface area (Å²) in [5.74, 6) is -3.23. The fraction of sp³-hybridized carbons (Fsp3) is 0.545. The van der Waals surface area contributed by atoms with E-state index in [1.807, 2.05) is 13.3 Å². The lowest BCUT2D eigenvalue weighted by Gasteiger charge is -2.06. The molecule has 0 radical (unpaired) electrons. The van der Waals surface area contributed by atoms with E-state index in [1.54, 1.807) is 0 Å². The van der Waals surface area contributed by atoms with Gasteiger partial charge < -0.3 is 14.6 Å². The minimum absolute atomic E-state index is 0.225. The lowest BCUT2D eigenvalue weighted by molar-refractivity contribution is -0.492. The molecule has 0 amide bonds. The Morgan fingerprint density at radius 3 is 2.37 bits per heavy atom. The highest BCUT2D eigenvalue weighted by Crippen LogP contribution is 2.11. The van der Waals surface area contributed by atoms with Crippen LogP contribution < -0.4 is 5.11 Å². The third-order valence-corrected chi connectivity index (χ3v) is 1.95. The van der Waals surface area contributed by atoms with E-state index in [4.69, 9.17) is 14.6 Å². The van der Waals surface area contributed by atoms with Crippen LogP contribution in [0.15, 0.2) is 11.6 Å². The first-order valence-electron chi connectivity index (χ1n) is 5.28. The van der Waals surface area contributed by atoms with Crippen LogP contribution in [-0.4, -0.2) is 49.1 Å². The van der Waals surface area contributed by atoms with Crippen LogP contribution in [-0.2, 0) is 14.3 Å². The first kappa shape index (κ1) is 17.1. The molecule has 1 heterocycles. The van der Waals surface area contributed by atoms with Crippen molar-refractivity contribution in [1.82, 2.24) is 0 Å². The summed E-state index contributed by atoms with van der Waals surface area (Å²) in [7, 11) is 2.01. The van der Waals surface area contributed by atoms with Crippen LogP contribution in [0.1, 0.15) is 13.3 Å². The number of carbonyl (C=O) groups excluding carboxylic acids is 2. The van der Waals surface area contributed by atoms with Crippen LogP contribution >= 0.6 is 0 Å². The number of carboxylic acid groups (broad SMARTS) is 1. The maximum Gasteiger partial charge on any atom is 0.430 e. The molecule has 1 rings (SSSR count). The van der Waals surface area contributed by atoms with Gasteiger partial charge in [-0.25, -0.2) is 4.58 Å². The third kappa shape index (κ3) is 8.81. The molecular formula is C11H14F3NO4. The van der Waals surface area contributed by atoms with Crippen LogP contribution in [0.3, 0.4) is 0 Å². The van der Waals surface area contributed by atoms with Gasteiger partial charge in [0, 0.05) is 18.9 Å². The lowest BCUT2D eigenvalue weighted by Crippen LogP contribution is -2.37. The van der Waals surface area contributed by atoms with Crippen LogP contribution in [0.25, 0.3) is 0 Å². The maximum atomic E-state index is 10.5. The topological polar surface area (TPSA) is 69.4 Å². The van der Waals surface area contributed by atoms with Crippen LogP contribution in [0.4, 0.5) is 13.2 Å². The summed E-state index contributed by atoms with van der Waals surface area (Å²) >= 11 is 0. The van der Waals surface area contributed by atoms with Gasteiger partial charge in [-0.3, -0.25) is 4.79 Å². The Kier molecular flexibility index (Phi) is 6.81. The first-order chi connectivity index (χ1) is 8.62. The molecule has 0 spiro atoms. The van der Waals surface area contributed by atoms with Gasteiger partial charge in [0.1, 0.15) is 26.2 Å². The minimum Gasteiger partial charge on any atom is -0.542 e. The van der Waals surface area contributed by atoms with Crippen molar-refractivity contribution in [1.29, 1.82) is 0 Å². The number of nitrogens with zero attached hydrogens (tertiary/aromatic N) is 1. The van der Waals surface area contributed by atoms with Crippen molar-refractivity contribution in [2.75, 3.05) is 20.2 Å². The van der Waals surface area contributed by atoms with Gasteiger partial charge in [0.2, 0.25) is 0 Å². The molecular weight excluding hydrogens is 267 g/mol. The van der Waals surface area contributed by atoms with E-state index in [1.165, 1.54) is 6.92 Å². The minimum atomic E-state index is -5.19. The average Bonchev–Trinajstić information content (AvgIpc) is 2.26. The van der Waals surface area contributed by atoms with Crippen LogP contribution in [0, 0.1) is 0 Å². The summed E-state index contributed by atoms with van der Waals surface area (Å²) in [5, 5.41) is 8.78. The predicted octanol–water partition coefficient (Wildman–Crippen LogP) is -0.109. The van der Waals surface area contributed by atoms with E-state index in [0.29, 0.717) is 6.61 Å². The molecule has 0 N–H and O–H groups in total. The molecule has 0 fully saturated rings. The van der Waals surface area contributed by atoms with Gasteiger partial charge in [-0.1, -0.05) is 6.08 Å². The molecule has 0 bridgehead atoms. The third-order valence-electron chi connectivity index (χ3n) is 1.95. The first-order valence-corrected chi connectivity index (χ1v) is 5.28. The number of esters is 1. The van der Waals surface area contributed by atoms with Gasteiger partial charge in [0.05, 0.1) is 0 Å². The van der Waals surface area contributed by atoms with Gasteiger partial charge in [0.15, 0.2) is 6.21 Å². The Hall–Kier alpha value is -1.86. The molecule has 5 nitrogen and oxygen atoms in total.